The van der Waals surface area contributed by atoms with Crippen LogP contribution in [-0.2, 0) is 10.1 Å². The molecule has 0 fully saturated rings. The van der Waals surface area contributed by atoms with E-state index in [1.165, 1.54) is 17.4 Å². The Balaban J connectivity index is 2.96. The molecular weight excluding hydrogens is 220 g/mol. The van der Waals surface area contributed by atoms with Gasteiger partial charge in [-0.3, -0.25) is 4.55 Å². The van der Waals surface area contributed by atoms with Crippen molar-refractivity contribution in [3.63, 3.8) is 0 Å². The highest BCUT2D eigenvalue weighted by molar-refractivity contribution is 7.86. The molecule has 0 aliphatic carbocycles. The predicted molar refractivity (Wildman–Crippen MR) is 56.4 cm³/mol. The van der Waals surface area contributed by atoms with Gasteiger partial charge >= 0.3 is 0 Å². The van der Waals surface area contributed by atoms with Crippen LogP contribution in [0.15, 0.2) is 28.5 Å². The summed E-state index contributed by atoms with van der Waals surface area (Å²) in [5.41, 5.74) is 0. The van der Waals surface area contributed by atoms with E-state index in [0.717, 1.165) is 10.3 Å². The van der Waals surface area contributed by atoms with Crippen molar-refractivity contribution in [1.82, 2.24) is 0 Å². The molecule has 1 N–H and O–H groups in total. The zero-order valence-electron chi connectivity index (χ0n) is 7.39. The van der Waals surface area contributed by atoms with Crippen LogP contribution in [0.2, 0.25) is 0 Å². The van der Waals surface area contributed by atoms with Gasteiger partial charge in [0.25, 0.3) is 10.1 Å². The van der Waals surface area contributed by atoms with Crippen molar-refractivity contribution >= 4 is 32.2 Å². The smallest absolute Gasteiger partial charge is 0.282 e. The van der Waals surface area contributed by atoms with Crippen molar-refractivity contribution in [2.24, 2.45) is 0 Å². The minimum absolute atomic E-state index is 0.00579. The van der Waals surface area contributed by atoms with Gasteiger partial charge in [-0.2, -0.15) is 8.42 Å². The maximum Gasteiger partial charge on any atom is 0.295 e. The average molecular weight is 228 g/mol. The van der Waals surface area contributed by atoms with Crippen molar-refractivity contribution in [2.45, 2.75) is 11.8 Å². The van der Waals surface area contributed by atoms with Gasteiger partial charge in [0.05, 0.1) is 0 Å². The van der Waals surface area contributed by atoms with E-state index < -0.39 is 10.1 Å². The second-order valence-electron chi connectivity index (χ2n) is 2.99. The lowest BCUT2D eigenvalue weighted by Crippen LogP contribution is -1.98. The highest BCUT2D eigenvalue weighted by atomic mass is 32.2. The van der Waals surface area contributed by atoms with Crippen LogP contribution in [0, 0.1) is 6.92 Å². The van der Waals surface area contributed by atoms with E-state index in [0.29, 0.717) is 5.39 Å². The molecule has 1 aromatic carbocycles. The van der Waals surface area contributed by atoms with Gasteiger partial charge in [0.1, 0.15) is 4.90 Å². The minimum atomic E-state index is -4.12. The molecule has 0 saturated carbocycles. The highest BCUT2D eigenvalue weighted by Crippen LogP contribution is 2.30. The fourth-order valence-electron chi connectivity index (χ4n) is 1.45. The summed E-state index contributed by atoms with van der Waals surface area (Å²) < 4.78 is 31.1. The molecule has 74 valence electrons. The Kier molecular flexibility index (Phi) is 2.10. The number of thiophene rings is 1. The van der Waals surface area contributed by atoms with Gasteiger partial charge in [-0.25, -0.2) is 0 Å². The molecule has 0 aliphatic heterocycles. The van der Waals surface area contributed by atoms with E-state index in [4.69, 9.17) is 4.55 Å². The first kappa shape index (κ1) is 9.64. The molecule has 0 spiro atoms. The van der Waals surface area contributed by atoms with Crippen LogP contribution in [0.3, 0.4) is 0 Å². The maximum absolute atomic E-state index is 11.1. The second kappa shape index (κ2) is 3.05. The molecule has 0 aliphatic rings. The lowest BCUT2D eigenvalue weighted by Gasteiger charge is -1.99. The van der Waals surface area contributed by atoms with E-state index in [9.17, 15) is 8.42 Å². The Labute approximate surface area is 85.7 Å². The van der Waals surface area contributed by atoms with Crippen LogP contribution in [0.5, 0.6) is 0 Å². The summed E-state index contributed by atoms with van der Waals surface area (Å²) in [6, 6.07) is 4.86. The number of aryl methyl sites for hydroxylation is 1. The Morgan fingerprint density at radius 2 is 2.07 bits per heavy atom. The summed E-state index contributed by atoms with van der Waals surface area (Å²) in [4.78, 5) is 0.891. The first-order valence-corrected chi connectivity index (χ1v) is 6.26. The molecule has 5 heteroatoms. The van der Waals surface area contributed by atoms with Gasteiger partial charge in [0.15, 0.2) is 0 Å². The van der Waals surface area contributed by atoms with Gasteiger partial charge in [-0.15, -0.1) is 11.3 Å². The van der Waals surface area contributed by atoms with Crippen LogP contribution in [0.25, 0.3) is 10.8 Å². The molecule has 3 nitrogen and oxygen atoms in total. The Bertz CT molecular complexity index is 581. The van der Waals surface area contributed by atoms with Crippen LogP contribution >= 0.6 is 11.3 Å². The van der Waals surface area contributed by atoms with E-state index in [1.807, 2.05) is 18.4 Å². The third-order valence-electron chi connectivity index (χ3n) is 2.05. The molecular formula is C9H8O3S2. The Hall–Kier alpha value is -0.910. The third-order valence-corrected chi connectivity index (χ3v) is 3.88. The van der Waals surface area contributed by atoms with Crippen molar-refractivity contribution < 1.29 is 13.0 Å². The van der Waals surface area contributed by atoms with Crippen molar-refractivity contribution in [1.29, 1.82) is 0 Å². The number of rotatable bonds is 1. The number of benzene rings is 1. The Morgan fingerprint density at radius 3 is 2.71 bits per heavy atom. The van der Waals surface area contributed by atoms with Crippen molar-refractivity contribution in [2.75, 3.05) is 0 Å². The van der Waals surface area contributed by atoms with Gasteiger partial charge in [0.2, 0.25) is 0 Å². The molecule has 0 amide bonds. The summed E-state index contributed by atoms with van der Waals surface area (Å²) >= 11 is 1.47. The van der Waals surface area contributed by atoms with Crippen molar-refractivity contribution in [3.8, 4) is 0 Å². The van der Waals surface area contributed by atoms with Crippen molar-refractivity contribution in [3.05, 3.63) is 28.5 Å². The van der Waals surface area contributed by atoms with Crippen LogP contribution in [0.4, 0.5) is 0 Å². The molecule has 0 radical (unpaired) electrons. The SMILES string of the molecule is Cc1scc2cccc(S(=O)(=O)O)c12. The lowest BCUT2D eigenvalue weighted by atomic mass is 10.2. The molecule has 1 aromatic heterocycles. The summed E-state index contributed by atoms with van der Waals surface area (Å²) in [7, 11) is -4.12. The first-order valence-electron chi connectivity index (χ1n) is 3.94. The Morgan fingerprint density at radius 1 is 1.36 bits per heavy atom. The monoisotopic (exact) mass is 228 g/mol. The van der Waals surface area contributed by atoms with Crippen LogP contribution in [-0.4, -0.2) is 13.0 Å². The number of hydrogen-bond acceptors (Lipinski definition) is 3. The summed E-state index contributed by atoms with van der Waals surface area (Å²) in [6.07, 6.45) is 0. The largest absolute Gasteiger partial charge is 0.295 e. The average Bonchev–Trinajstić information content (AvgIpc) is 2.46. The molecule has 0 saturated heterocycles. The molecule has 2 aromatic rings. The first-order chi connectivity index (χ1) is 6.50. The van der Waals surface area contributed by atoms with E-state index >= 15 is 0 Å². The topological polar surface area (TPSA) is 54.4 Å². The third kappa shape index (κ3) is 1.43. The van der Waals surface area contributed by atoms with Gasteiger partial charge in [0, 0.05) is 10.3 Å². The van der Waals surface area contributed by atoms with Crippen LogP contribution < -0.4 is 0 Å². The van der Waals surface area contributed by atoms with Gasteiger partial charge in [-0.1, -0.05) is 12.1 Å². The van der Waals surface area contributed by atoms with Gasteiger partial charge in [-0.05, 0) is 23.8 Å². The normalized spacial score (nSPS) is 12.1. The molecule has 1 heterocycles. The van der Waals surface area contributed by atoms with Crippen LogP contribution in [0.1, 0.15) is 4.88 Å². The fourth-order valence-corrected chi connectivity index (χ4v) is 3.14. The molecule has 0 bridgehead atoms. The quantitative estimate of drug-likeness (QED) is 0.763. The second-order valence-corrected chi connectivity index (χ2v) is 5.46. The van der Waals surface area contributed by atoms with Gasteiger partial charge < -0.3 is 0 Å². The molecule has 0 atom stereocenters. The zero-order valence-corrected chi connectivity index (χ0v) is 9.02. The maximum atomic E-state index is 11.1. The standard InChI is InChI=1S/C9H8O3S2/c1-6-9-7(5-13-6)3-2-4-8(9)14(10,11)12/h2-5H,1H3,(H,10,11,12). The fraction of sp³-hybridized carbons (Fsp3) is 0.111. The molecule has 14 heavy (non-hydrogen) atoms. The number of fused-ring (bicyclic) bond motifs is 1. The van der Waals surface area contributed by atoms with E-state index in [1.54, 1.807) is 6.07 Å². The lowest BCUT2D eigenvalue weighted by molar-refractivity contribution is 0.484. The minimum Gasteiger partial charge on any atom is -0.282 e. The highest BCUT2D eigenvalue weighted by Gasteiger charge is 2.15. The molecule has 2 rings (SSSR count). The predicted octanol–water partition coefficient (Wildman–Crippen LogP) is 2.46. The van der Waals surface area contributed by atoms with E-state index in [2.05, 4.69) is 0 Å². The van der Waals surface area contributed by atoms with E-state index in [-0.39, 0.29) is 4.90 Å². The summed E-state index contributed by atoms with van der Waals surface area (Å²) in [5.74, 6) is 0. The zero-order chi connectivity index (χ0) is 10.3. The summed E-state index contributed by atoms with van der Waals surface area (Å²) in [6.45, 7) is 1.84. The summed E-state index contributed by atoms with van der Waals surface area (Å²) in [5, 5.41) is 3.35. The molecule has 0 unspecified atom stereocenters. The number of hydrogen-bond donors (Lipinski definition) is 1.